The van der Waals surface area contributed by atoms with Gasteiger partial charge in [0.05, 0.1) is 0 Å². The number of amides is 1. The Kier molecular flexibility index (Phi) is 5.25. The summed E-state index contributed by atoms with van der Waals surface area (Å²) in [5, 5.41) is 0. The minimum absolute atomic E-state index is 0.322. The van der Waals surface area contributed by atoms with Crippen molar-refractivity contribution in [3.8, 4) is 12.3 Å². The topological polar surface area (TPSA) is 20.3 Å². The lowest BCUT2D eigenvalue weighted by Gasteiger charge is -2.20. The van der Waals surface area contributed by atoms with Gasteiger partial charge < -0.3 is 4.90 Å². The van der Waals surface area contributed by atoms with Crippen LogP contribution in [0.3, 0.4) is 0 Å². The molecule has 0 aromatic rings. The first-order chi connectivity index (χ1) is 7.27. The molecule has 0 aromatic carbocycles. The van der Waals surface area contributed by atoms with Gasteiger partial charge in [-0.25, -0.2) is 0 Å². The molecule has 0 radical (unpaired) electrons. The molecule has 1 amide bonds. The van der Waals surface area contributed by atoms with Crippen LogP contribution in [0.15, 0.2) is 0 Å². The van der Waals surface area contributed by atoms with Crippen molar-refractivity contribution in [2.75, 3.05) is 13.1 Å². The summed E-state index contributed by atoms with van der Waals surface area (Å²) < 4.78 is 0. The van der Waals surface area contributed by atoms with Gasteiger partial charge >= 0.3 is 0 Å². The highest BCUT2D eigenvalue weighted by Gasteiger charge is 2.20. The van der Waals surface area contributed by atoms with Crippen LogP contribution >= 0.6 is 0 Å². The second kappa shape index (κ2) is 6.50. The van der Waals surface area contributed by atoms with Crippen molar-refractivity contribution in [2.24, 2.45) is 5.92 Å². The van der Waals surface area contributed by atoms with E-state index in [1.54, 1.807) is 0 Å². The maximum atomic E-state index is 11.7. The molecule has 1 atom stereocenters. The minimum Gasteiger partial charge on any atom is -0.343 e. The molecule has 0 saturated carbocycles. The summed E-state index contributed by atoms with van der Waals surface area (Å²) in [6.45, 7) is 3.99. The summed E-state index contributed by atoms with van der Waals surface area (Å²) in [6, 6.07) is 0. The zero-order valence-corrected chi connectivity index (χ0v) is 9.67. The minimum atomic E-state index is 0.322. The van der Waals surface area contributed by atoms with Crippen molar-refractivity contribution < 1.29 is 4.79 Å². The summed E-state index contributed by atoms with van der Waals surface area (Å²) in [5.41, 5.74) is 0. The SMILES string of the molecule is C#CCCCN1CCC(CC)CCC1=O. The Morgan fingerprint density at radius 3 is 3.00 bits per heavy atom. The smallest absolute Gasteiger partial charge is 0.222 e. The Balaban J connectivity index is 2.36. The lowest BCUT2D eigenvalue weighted by molar-refractivity contribution is -0.130. The van der Waals surface area contributed by atoms with Gasteiger partial charge in [-0.3, -0.25) is 4.79 Å². The van der Waals surface area contributed by atoms with Crippen molar-refractivity contribution in [3.63, 3.8) is 0 Å². The van der Waals surface area contributed by atoms with Crippen LogP contribution in [0, 0.1) is 18.3 Å². The number of terminal acetylenes is 1. The average Bonchev–Trinajstić information content (AvgIpc) is 2.42. The van der Waals surface area contributed by atoms with E-state index in [9.17, 15) is 4.79 Å². The molecule has 0 bridgehead atoms. The quantitative estimate of drug-likeness (QED) is 0.512. The molecule has 1 aliphatic heterocycles. The van der Waals surface area contributed by atoms with Crippen molar-refractivity contribution in [1.82, 2.24) is 4.90 Å². The number of carbonyl (C=O) groups excluding carboxylic acids is 1. The van der Waals surface area contributed by atoms with Crippen LogP contribution in [0.1, 0.15) is 45.4 Å². The van der Waals surface area contributed by atoms with Gasteiger partial charge in [-0.2, -0.15) is 0 Å². The lowest BCUT2D eigenvalue weighted by Crippen LogP contribution is -2.31. The summed E-state index contributed by atoms with van der Waals surface area (Å²) in [4.78, 5) is 13.7. The molecule has 1 fully saturated rings. The largest absolute Gasteiger partial charge is 0.343 e. The van der Waals surface area contributed by atoms with Gasteiger partial charge in [-0.05, 0) is 25.2 Å². The third-order valence-corrected chi connectivity index (χ3v) is 3.25. The van der Waals surface area contributed by atoms with Crippen molar-refractivity contribution >= 4 is 5.91 Å². The molecule has 1 unspecified atom stereocenters. The third kappa shape index (κ3) is 3.95. The first-order valence-corrected chi connectivity index (χ1v) is 5.99. The Labute approximate surface area is 93.0 Å². The van der Waals surface area contributed by atoms with E-state index >= 15 is 0 Å². The van der Waals surface area contributed by atoms with Crippen LogP contribution in [-0.4, -0.2) is 23.9 Å². The molecular weight excluding hydrogens is 186 g/mol. The van der Waals surface area contributed by atoms with Crippen LogP contribution in [0.2, 0.25) is 0 Å². The molecule has 1 heterocycles. The molecule has 15 heavy (non-hydrogen) atoms. The molecule has 1 saturated heterocycles. The fraction of sp³-hybridized carbons (Fsp3) is 0.769. The monoisotopic (exact) mass is 207 g/mol. The maximum Gasteiger partial charge on any atom is 0.222 e. The van der Waals surface area contributed by atoms with Gasteiger partial charge in [0.2, 0.25) is 5.91 Å². The zero-order chi connectivity index (χ0) is 11.1. The Hall–Kier alpha value is -0.970. The van der Waals surface area contributed by atoms with Crippen LogP contribution in [0.5, 0.6) is 0 Å². The van der Waals surface area contributed by atoms with Crippen LogP contribution in [-0.2, 0) is 4.79 Å². The van der Waals surface area contributed by atoms with E-state index < -0.39 is 0 Å². The van der Waals surface area contributed by atoms with E-state index in [1.165, 1.54) is 6.42 Å². The molecule has 2 nitrogen and oxygen atoms in total. The van der Waals surface area contributed by atoms with E-state index in [1.807, 2.05) is 4.90 Å². The normalized spacial score (nSPS) is 22.3. The molecule has 2 heteroatoms. The maximum absolute atomic E-state index is 11.7. The second-order valence-corrected chi connectivity index (χ2v) is 4.29. The Morgan fingerprint density at radius 2 is 2.33 bits per heavy atom. The first-order valence-electron chi connectivity index (χ1n) is 5.99. The highest BCUT2D eigenvalue weighted by atomic mass is 16.2. The molecule has 0 aromatic heterocycles. The lowest BCUT2D eigenvalue weighted by atomic mass is 9.98. The van der Waals surface area contributed by atoms with Gasteiger partial charge in [0.25, 0.3) is 0 Å². The number of likely N-dealkylation sites (tertiary alicyclic amines) is 1. The summed E-state index contributed by atoms with van der Waals surface area (Å²) in [6.07, 6.45) is 11.1. The van der Waals surface area contributed by atoms with Crippen LogP contribution < -0.4 is 0 Å². The first kappa shape index (κ1) is 12.1. The fourth-order valence-corrected chi connectivity index (χ4v) is 2.11. The van der Waals surface area contributed by atoms with Gasteiger partial charge in [-0.1, -0.05) is 13.3 Å². The number of nitrogens with zero attached hydrogens (tertiary/aromatic N) is 1. The van der Waals surface area contributed by atoms with E-state index in [4.69, 9.17) is 6.42 Å². The van der Waals surface area contributed by atoms with Crippen LogP contribution in [0.4, 0.5) is 0 Å². The molecule has 84 valence electrons. The Bertz CT molecular complexity index is 241. The number of hydrogen-bond donors (Lipinski definition) is 0. The van der Waals surface area contributed by atoms with Gasteiger partial charge in [-0.15, -0.1) is 12.3 Å². The molecule has 0 N–H and O–H groups in total. The predicted octanol–water partition coefficient (Wildman–Crippen LogP) is 2.44. The molecule has 0 aliphatic carbocycles. The fourth-order valence-electron chi connectivity index (χ4n) is 2.11. The van der Waals surface area contributed by atoms with Crippen molar-refractivity contribution in [1.29, 1.82) is 0 Å². The Morgan fingerprint density at radius 1 is 1.53 bits per heavy atom. The number of unbranched alkanes of at least 4 members (excludes halogenated alkanes) is 1. The summed E-state index contributed by atoms with van der Waals surface area (Å²) in [7, 11) is 0. The van der Waals surface area contributed by atoms with Crippen molar-refractivity contribution in [2.45, 2.75) is 45.4 Å². The zero-order valence-electron chi connectivity index (χ0n) is 9.67. The van der Waals surface area contributed by atoms with E-state index in [2.05, 4.69) is 12.8 Å². The molecular formula is C13H21NO. The third-order valence-electron chi connectivity index (χ3n) is 3.25. The van der Waals surface area contributed by atoms with E-state index in [0.29, 0.717) is 5.91 Å². The summed E-state index contributed by atoms with van der Waals surface area (Å²) >= 11 is 0. The van der Waals surface area contributed by atoms with E-state index in [-0.39, 0.29) is 0 Å². The van der Waals surface area contributed by atoms with Gasteiger partial charge in [0, 0.05) is 25.9 Å². The van der Waals surface area contributed by atoms with E-state index in [0.717, 1.165) is 51.1 Å². The number of carbonyl (C=O) groups is 1. The average molecular weight is 207 g/mol. The number of hydrogen-bond acceptors (Lipinski definition) is 1. The number of rotatable bonds is 4. The van der Waals surface area contributed by atoms with Gasteiger partial charge in [0.1, 0.15) is 0 Å². The van der Waals surface area contributed by atoms with Crippen molar-refractivity contribution in [3.05, 3.63) is 0 Å². The molecule has 1 aliphatic rings. The standard InChI is InChI=1S/C13H21NO/c1-3-5-6-10-14-11-9-12(4-2)7-8-13(14)15/h1,12H,4-11H2,2H3. The molecule has 1 rings (SSSR count). The highest BCUT2D eigenvalue weighted by Crippen LogP contribution is 2.21. The van der Waals surface area contributed by atoms with Crippen LogP contribution in [0.25, 0.3) is 0 Å². The molecule has 0 spiro atoms. The highest BCUT2D eigenvalue weighted by molar-refractivity contribution is 5.76. The predicted molar refractivity (Wildman–Crippen MR) is 62.3 cm³/mol. The summed E-state index contributed by atoms with van der Waals surface area (Å²) in [5.74, 6) is 3.68. The van der Waals surface area contributed by atoms with Gasteiger partial charge in [0.15, 0.2) is 0 Å². The second-order valence-electron chi connectivity index (χ2n) is 4.29.